The van der Waals surface area contributed by atoms with Gasteiger partial charge in [-0.1, -0.05) is 18.9 Å². The Kier molecular flexibility index (Phi) is 5.06. The van der Waals surface area contributed by atoms with Gasteiger partial charge in [-0.05, 0) is 30.5 Å². The van der Waals surface area contributed by atoms with Gasteiger partial charge in [0.1, 0.15) is 0 Å². The van der Waals surface area contributed by atoms with Crippen molar-refractivity contribution >= 4 is 0 Å². The minimum Gasteiger partial charge on any atom is -0.387 e. The van der Waals surface area contributed by atoms with E-state index in [2.05, 4.69) is 9.80 Å². The Labute approximate surface area is 130 Å². The fourth-order valence-corrected chi connectivity index (χ4v) is 3.65. The maximum absolute atomic E-state index is 13.2. The lowest BCUT2D eigenvalue weighted by Gasteiger charge is -2.38. The lowest BCUT2D eigenvalue weighted by atomic mass is 10.1. The molecule has 2 fully saturated rings. The van der Waals surface area contributed by atoms with Crippen molar-refractivity contribution in [2.45, 2.75) is 37.8 Å². The molecule has 5 heteroatoms. The predicted molar refractivity (Wildman–Crippen MR) is 81.6 cm³/mol. The summed E-state index contributed by atoms with van der Waals surface area (Å²) in [7, 11) is 0. The van der Waals surface area contributed by atoms with Crippen LogP contribution in [0.15, 0.2) is 18.2 Å². The Morgan fingerprint density at radius 1 is 1.05 bits per heavy atom. The molecule has 0 amide bonds. The molecule has 122 valence electrons. The van der Waals surface area contributed by atoms with Crippen molar-refractivity contribution in [1.29, 1.82) is 0 Å². The zero-order valence-corrected chi connectivity index (χ0v) is 12.8. The zero-order valence-electron chi connectivity index (χ0n) is 12.8. The summed E-state index contributed by atoms with van der Waals surface area (Å²) >= 11 is 0. The lowest BCUT2D eigenvalue weighted by molar-refractivity contribution is 0.0569. The number of aliphatic hydroxyl groups is 1. The third-order valence-corrected chi connectivity index (χ3v) is 5.01. The largest absolute Gasteiger partial charge is 0.387 e. The fourth-order valence-electron chi connectivity index (χ4n) is 3.65. The second-order valence-electron chi connectivity index (χ2n) is 6.46. The van der Waals surface area contributed by atoms with Crippen molar-refractivity contribution in [2.75, 3.05) is 32.7 Å². The van der Waals surface area contributed by atoms with E-state index in [4.69, 9.17) is 0 Å². The normalized spacial score (nSPS) is 23.0. The fraction of sp³-hybridized carbons (Fsp3) is 0.647. The van der Waals surface area contributed by atoms with E-state index in [9.17, 15) is 13.9 Å². The molecule has 0 spiro atoms. The van der Waals surface area contributed by atoms with Gasteiger partial charge in [-0.3, -0.25) is 9.80 Å². The topological polar surface area (TPSA) is 26.7 Å². The molecule has 1 aliphatic heterocycles. The van der Waals surface area contributed by atoms with Crippen LogP contribution in [-0.2, 0) is 0 Å². The maximum atomic E-state index is 13.2. The number of piperazine rings is 1. The third-order valence-electron chi connectivity index (χ3n) is 5.01. The molecule has 0 radical (unpaired) electrons. The molecular formula is C17H24F2N2O. The third kappa shape index (κ3) is 3.65. The van der Waals surface area contributed by atoms with E-state index < -0.39 is 17.7 Å². The molecule has 1 unspecified atom stereocenters. The van der Waals surface area contributed by atoms with E-state index in [-0.39, 0.29) is 0 Å². The van der Waals surface area contributed by atoms with Crippen molar-refractivity contribution in [3.8, 4) is 0 Å². The minimum atomic E-state index is -0.900. The number of hydrogen-bond acceptors (Lipinski definition) is 3. The van der Waals surface area contributed by atoms with Crippen molar-refractivity contribution in [1.82, 2.24) is 9.80 Å². The molecule has 1 atom stereocenters. The molecule has 0 aromatic heterocycles. The van der Waals surface area contributed by atoms with Crippen LogP contribution < -0.4 is 0 Å². The van der Waals surface area contributed by atoms with Gasteiger partial charge in [0.25, 0.3) is 0 Å². The van der Waals surface area contributed by atoms with Crippen LogP contribution in [0.3, 0.4) is 0 Å². The van der Waals surface area contributed by atoms with Gasteiger partial charge in [-0.25, -0.2) is 8.78 Å². The van der Waals surface area contributed by atoms with E-state index in [1.54, 1.807) is 0 Å². The van der Waals surface area contributed by atoms with Crippen LogP contribution in [0.2, 0.25) is 0 Å². The highest BCUT2D eigenvalue weighted by Gasteiger charge is 2.27. The molecule has 1 aliphatic carbocycles. The monoisotopic (exact) mass is 310 g/mol. The molecule has 1 saturated carbocycles. The van der Waals surface area contributed by atoms with Gasteiger partial charge in [-0.2, -0.15) is 0 Å². The molecule has 1 N–H and O–H groups in total. The van der Waals surface area contributed by atoms with E-state index in [0.717, 1.165) is 44.4 Å². The van der Waals surface area contributed by atoms with Crippen LogP contribution in [0.25, 0.3) is 0 Å². The first kappa shape index (κ1) is 15.8. The Hall–Kier alpha value is -1.04. The number of aliphatic hydroxyl groups excluding tert-OH is 1. The second kappa shape index (κ2) is 7.02. The van der Waals surface area contributed by atoms with Crippen LogP contribution in [0, 0.1) is 11.6 Å². The van der Waals surface area contributed by atoms with Crippen LogP contribution in [0.1, 0.15) is 37.4 Å². The average Bonchev–Trinajstić information content (AvgIpc) is 3.05. The Bertz CT molecular complexity index is 497. The minimum absolute atomic E-state index is 0.442. The van der Waals surface area contributed by atoms with Crippen molar-refractivity contribution in [3.63, 3.8) is 0 Å². The summed E-state index contributed by atoms with van der Waals surface area (Å²) in [6, 6.07) is 4.37. The lowest BCUT2D eigenvalue weighted by Crippen LogP contribution is -2.50. The number of β-amino-alcohol motifs (C(OH)–C–C–N with tert-alkyl or cyclic N) is 1. The van der Waals surface area contributed by atoms with Gasteiger partial charge in [0, 0.05) is 38.8 Å². The second-order valence-corrected chi connectivity index (χ2v) is 6.46. The van der Waals surface area contributed by atoms with Gasteiger partial charge >= 0.3 is 0 Å². The van der Waals surface area contributed by atoms with Crippen LogP contribution in [-0.4, -0.2) is 53.7 Å². The summed E-state index contributed by atoms with van der Waals surface area (Å²) in [6.07, 6.45) is 4.56. The van der Waals surface area contributed by atoms with Crippen LogP contribution in [0.5, 0.6) is 0 Å². The SMILES string of the molecule is OC(CN1CCN(C2CCCC2)CC1)c1ccc(F)c(F)c1. The molecular weight excluding hydrogens is 286 g/mol. The molecule has 3 nitrogen and oxygen atoms in total. The predicted octanol–water partition coefficient (Wildman–Crippen LogP) is 2.56. The van der Waals surface area contributed by atoms with Gasteiger partial charge < -0.3 is 5.11 Å². The quantitative estimate of drug-likeness (QED) is 0.926. The molecule has 2 aliphatic rings. The smallest absolute Gasteiger partial charge is 0.159 e. The number of nitrogens with zero attached hydrogens (tertiary/aromatic N) is 2. The standard InChI is InChI=1S/C17H24F2N2O/c18-15-6-5-13(11-16(15)19)17(22)12-20-7-9-21(10-8-20)14-3-1-2-4-14/h5-6,11,14,17,22H,1-4,7-10,12H2. The Morgan fingerprint density at radius 3 is 2.36 bits per heavy atom. The van der Waals surface area contributed by atoms with Gasteiger partial charge in [0.2, 0.25) is 0 Å². The number of hydrogen-bond donors (Lipinski definition) is 1. The average molecular weight is 310 g/mol. The molecule has 1 aromatic carbocycles. The summed E-state index contributed by atoms with van der Waals surface area (Å²) < 4.78 is 26.2. The molecule has 0 bridgehead atoms. The summed E-state index contributed by atoms with van der Waals surface area (Å²) in [4.78, 5) is 4.77. The van der Waals surface area contributed by atoms with Crippen LogP contribution >= 0.6 is 0 Å². The van der Waals surface area contributed by atoms with Crippen LogP contribution in [0.4, 0.5) is 8.78 Å². The highest BCUT2D eigenvalue weighted by molar-refractivity contribution is 5.20. The van der Waals surface area contributed by atoms with E-state index in [1.807, 2.05) is 0 Å². The molecule has 3 rings (SSSR count). The highest BCUT2D eigenvalue weighted by atomic mass is 19.2. The zero-order chi connectivity index (χ0) is 15.5. The van der Waals surface area contributed by atoms with Crippen molar-refractivity contribution in [2.24, 2.45) is 0 Å². The number of benzene rings is 1. The maximum Gasteiger partial charge on any atom is 0.159 e. The van der Waals surface area contributed by atoms with Gasteiger partial charge in [-0.15, -0.1) is 0 Å². The molecule has 22 heavy (non-hydrogen) atoms. The first-order chi connectivity index (χ1) is 10.6. The Morgan fingerprint density at radius 2 is 1.73 bits per heavy atom. The summed E-state index contributed by atoms with van der Waals surface area (Å²) in [6.45, 7) is 4.41. The highest BCUT2D eigenvalue weighted by Crippen LogP contribution is 2.25. The van der Waals surface area contributed by atoms with Gasteiger partial charge in [0.15, 0.2) is 11.6 Å². The van der Waals surface area contributed by atoms with Crippen molar-refractivity contribution in [3.05, 3.63) is 35.4 Å². The number of rotatable bonds is 4. The first-order valence-electron chi connectivity index (χ1n) is 8.23. The van der Waals surface area contributed by atoms with E-state index >= 15 is 0 Å². The van der Waals surface area contributed by atoms with E-state index in [1.165, 1.54) is 31.7 Å². The molecule has 1 heterocycles. The first-order valence-corrected chi connectivity index (χ1v) is 8.23. The van der Waals surface area contributed by atoms with Gasteiger partial charge in [0.05, 0.1) is 6.10 Å². The Balaban J connectivity index is 1.50. The summed E-state index contributed by atoms with van der Waals surface area (Å²) in [5.74, 6) is -1.77. The van der Waals surface area contributed by atoms with E-state index in [0.29, 0.717) is 12.1 Å². The van der Waals surface area contributed by atoms with Crippen molar-refractivity contribution < 1.29 is 13.9 Å². The summed E-state index contributed by atoms with van der Waals surface area (Å²) in [5.41, 5.74) is 0.442. The number of halogens is 2. The summed E-state index contributed by atoms with van der Waals surface area (Å²) in [5, 5.41) is 10.2. The molecule has 1 aromatic rings. The molecule has 1 saturated heterocycles.